The van der Waals surface area contributed by atoms with E-state index in [1.165, 1.54) is 18.6 Å². The molecule has 3 rings (SSSR count). The largest absolute Gasteiger partial charge is 0.318 e. The summed E-state index contributed by atoms with van der Waals surface area (Å²) in [6, 6.07) is 11.9. The molecule has 32 heavy (non-hydrogen) atoms. The number of aromatic nitrogens is 3. The van der Waals surface area contributed by atoms with E-state index in [1.807, 2.05) is 44.2 Å². The lowest BCUT2D eigenvalue weighted by Gasteiger charge is -2.14. The summed E-state index contributed by atoms with van der Waals surface area (Å²) in [7, 11) is -3.57. The van der Waals surface area contributed by atoms with E-state index < -0.39 is 15.7 Å². The Kier molecular flexibility index (Phi) is 6.91. The Bertz CT molecular complexity index is 1340. The van der Waals surface area contributed by atoms with Crippen LogP contribution >= 0.6 is 11.5 Å². The Hall–Kier alpha value is -3.29. The molecule has 0 fully saturated rings. The number of aryl methyl sites for hydroxylation is 2. The quantitative estimate of drug-likeness (QED) is 0.415. The van der Waals surface area contributed by atoms with Crippen molar-refractivity contribution in [3.05, 3.63) is 58.4 Å². The third-order valence-corrected chi connectivity index (χ3v) is 7.28. The highest BCUT2D eigenvalue weighted by molar-refractivity contribution is 7.91. The lowest BCUT2D eigenvalue weighted by atomic mass is 10.1. The fraction of sp³-hybridized carbons (Fsp3) is 0.273. The first-order chi connectivity index (χ1) is 15.2. The van der Waals surface area contributed by atoms with Gasteiger partial charge in [0.25, 0.3) is 11.1 Å². The van der Waals surface area contributed by atoms with Crippen molar-refractivity contribution >= 4 is 38.5 Å². The molecule has 0 aliphatic carbocycles. The van der Waals surface area contributed by atoms with Crippen molar-refractivity contribution in [1.29, 1.82) is 5.26 Å². The van der Waals surface area contributed by atoms with E-state index >= 15 is 0 Å². The number of anilines is 1. The van der Waals surface area contributed by atoms with Gasteiger partial charge in [-0.2, -0.15) is 14.6 Å². The van der Waals surface area contributed by atoms with Crippen LogP contribution in [0.15, 0.2) is 41.1 Å². The molecule has 0 saturated carbocycles. The minimum Gasteiger partial charge on any atom is -0.318 e. The first kappa shape index (κ1) is 23.4. The van der Waals surface area contributed by atoms with Crippen LogP contribution in [0.25, 0.3) is 11.8 Å². The average molecular weight is 470 g/mol. The maximum absolute atomic E-state index is 12.6. The highest BCUT2D eigenvalue weighted by Crippen LogP contribution is 2.26. The zero-order chi connectivity index (χ0) is 23.5. The molecule has 8 nitrogen and oxygen atoms in total. The number of hydrogen-bond acceptors (Lipinski definition) is 7. The van der Waals surface area contributed by atoms with Crippen LogP contribution in [-0.4, -0.2) is 34.0 Å². The van der Waals surface area contributed by atoms with Crippen LogP contribution in [0.2, 0.25) is 0 Å². The summed E-state index contributed by atoms with van der Waals surface area (Å²) < 4.78 is 29.6. The van der Waals surface area contributed by atoms with Crippen molar-refractivity contribution < 1.29 is 13.2 Å². The molecule has 1 amide bonds. The third-order valence-electron chi connectivity index (χ3n) is 5.03. The summed E-state index contributed by atoms with van der Waals surface area (Å²) in [5.74, 6) is -0.820. The zero-order valence-electron chi connectivity index (χ0n) is 18.2. The Morgan fingerprint density at radius 2 is 2.00 bits per heavy atom. The van der Waals surface area contributed by atoms with Crippen LogP contribution < -0.4 is 5.32 Å². The monoisotopic (exact) mass is 469 g/mol. The standard InChI is InChI=1S/C22H23N5O3S2/c1-5-16-9-7-8-10-19(16)27-14(3)11-17(15(27)4)12-18(13-23)20(28)24-21-25-22(26-31-21)32(29,30)6-2/h7-12H,5-6H2,1-4H3,(H,24,25,26,28)/b18-12-. The molecule has 3 aromatic rings. The molecule has 1 aromatic carbocycles. The van der Waals surface area contributed by atoms with Crippen molar-refractivity contribution in [2.45, 2.75) is 39.3 Å². The predicted molar refractivity (Wildman–Crippen MR) is 124 cm³/mol. The number of nitriles is 1. The van der Waals surface area contributed by atoms with Gasteiger partial charge in [0.05, 0.1) is 5.75 Å². The molecule has 0 radical (unpaired) electrons. The molecule has 0 aliphatic rings. The van der Waals surface area contributed by atoms with E-state index in [1.54, 1.807) is 0 Å². The molecule has 1 N–H and O–H groups in total. The lowest BCUT2D eigenvalue weighted by Crippen LogP contribution is -2.14. The number of hydrogen-bond donors (Lipinski definition) is 1. The minimum atomic E-state index is -3.57. The average Bonchev–Trinajstić information content (AvgIpc) is 3.36. The number of amides is 1. The molecule has 10 heteroatoms. The van der Waals surface area contributed by atoms with E-state index in [0.29, 0.717) is 0 Å². The Balaban J connectivity index is 1.92. The first-order valence-corrected chi connectivity index (χ1v) is 12.4. The number of para-hydroxylation sites is 1. The third kappa shape index (κ3) is 4.64. The predicted octanol–water partition coefficient (Wildman–Crippen LogP) is 3.85. The van der Waals surface area contributed by atoms with Gasteiger partial charge in [-0.05, 0) is 49.6 Å². The number of nitrogens with one attached hydrogen (secondary N) is 1. The van der Waals surface area contributed by atoms with Crippen molar-refractivity contribution in [2.75, 3.05) is 11.1 Å². The van der Waals surface area contributed by atoms with E-state index in [0.717, 1.165) is 40.6 Å². The summed E-state index contributed by atoms with van der Waals surface area (Å²) >= 11 is 0.752. The second-order valence-corrected chi connectivity index (χ2v) is 9.98. The normalized spacial score (nSPS) is 11.9. The number of benzene rings is 1. The van der Waals surface area contributed by atoms with Gasteiger partial charge in [-0.1, -0.05) is 32.0 Å². The highest BCUT2D eigenvalue weighted by Gasteiger charge is 2.20. The molecular weight excluding hydrogens is 446 g/mol. The fourth-order valence-corrected chi connectivity index (χ4v) is 4.90. The van der Waals surface area contributed by atoms with Crippen LogP contribution in [-0.2, 0) is 21.1 Å². The van der Waals surface area contributed by atoms with Gasteiger partial charge in [0.1, 0.15) is 11.6 Å². The van der Waals surface area contributed by atoms with E-state index in [4.69, 9.17) is 0 Å². The molecule has 0 bridgehead atoms. The molecule has 0 saturated heterocycles. The van der Waals surface area contributed by atoms with Gasteiger partial charge in [0.15, 0.2) is 0 Å². The van der Waals surface area contributed by atoms with Gasteiger partial charge in [-0.25, -0.2) is 8.42 Å². The Morgan fingerprint density at radius 1 is 1.28 bits per heavy atom. The number of nitrogens with zero attached hydrogens (tertiary/aromatic N) is 4. The number of sulfone groups is 1. The summed E-state index contributed by atoms with van der Waals surface area (Å²) in [6.07, 6.45) is 2.40. The Morgan fingerprint density at radius 3 is 2.66 bits per heavy atom. The first-order valence-electron chi connectivity index (χ1n) is 9.98. The lowest BCUT2D eigenvalue weighted by molar-refractivity contribution is -0.112. The molecule has 0 aliphatic heterocycles. The van der Waals surface area contributed by atoms with Gasteiger partial charge >= 0.3 is 0 Å². The van der Waals surface area contributed by atoms with Gasteiger partial charge in [-0.15, -0.1) is 0 Å². The van der Waals surface area contributed by atoms with Crippen molar-refractivity contribution in [3.8, 4) is 11.8 Å². The van der Waals surface area contributed by atoms with Crippen LogP contribution in [0, 0.1) is 25.2 Å². The van der Waals surface area contributed by atoms with E-state index in [9.17, 15) is 18.5 Å². The summed E-state index contributed by atoms with van der Waals surface area (Å²) in [5, 5.41) is 11.7. The van der Waals surface area contributed by atoms with Crippen molar-refractivity contribution in [1.82, 2.24) is 13.9 Å². The molecule has 0 spiro atoms. The SMILES string of the molecule is CCc1ccccc1-n1c(C)cc(/C=C(/C#N)C(=O)Nc2nc(S(=O)(=O)CC)ns2)c1C. The highest BCUT2D eigenvalue weighted by atomic mass is 32.2. The van der Waals surface area contributed by atoms with Gasteiger partial charge < -0.3 is 4.57 Å². The van der Waals surface area contributed by atoms with Crippen LogP contribution in [0.1, 0.15) is 36.4 Å². The molecule has 0 unspecified atom stereocenters. The molecule has 2 aromatic heterocycles. The van der Waals surface area contributed by atoms with E-state index in [2.05, 4.69) is 32.2 Å². The molecule has 166 valence electrons. The fourth-order valence-electron chi connectivity index (χ4n) is 3.32. The van der Waals surface area contributed by atoms with Crippen molar-refractivity contribution in [2.24, 2.45) is 0 Å². The molecule has 2 heterocycles. The topological polar surface area (TPSA) is 118 Å². The Labute approximate surface area is 191 Å². The van der Waals surface area contributed by atoms with Crippen LogP contribution in [0.3, 0.4) is 0 Å². The maximum Gasteiger partial charge on any atom is 0.268 e. The van der Waals surface area contributed by atoms with Crippen molar-refractivity contribution in [3.63, 3.8) is 0 Å². The summed E-state index contributed by atoms with van der Waals surface area (Å²) in [5.41, 5.74) is 4.75. The molecule has 0 atom stereocenters. The zero-order valence-corrected chi connectivity index (χ0v) is 19.8. The summed E-state index contributed by atoms with van der Waals surface area (Å²) in [6.45, 7) is 7.49. The molecular formula is C22H23N5O3S2. The van der Waals surface area contributed by atoms with Gasteiger partial charge in [-0.3, -0.25) is 10.1 Å². The summed E-state index contributed by atoms with van der Waals surface area (Å²) in [4.78, 5) is 16.5. The van der Waals surface area contributed by atoms with E-state index in [-0.39, 0.29) is 21.6 Å². The van der Waals surface area contributed by atoms with Crippen LogP contribution in [0.4, 0.5) is 5.13 Å². The minimum absolute atomic E-state index is 0.0190. The second-order valence-electron chi connectivity index (χ2n) is 7.05. The van der Waals surface area contributed by atoms with Gasteiger partial charge in [0, 0.05) is 28.6 Å². The number of carbonyl (C=O) groups excluding carboxylic acids is 1. The number of rotatable bonds is 7. The maximum atomic E-state index is 12.6. The van der Waals surface area contributed by atoms with Crippen LogP contribution in [0.5, 0.6) is 0 Å². The number of carbonyl (C=O) groups is 1. The smallest absolute Gasteiger partial charge is 0.268 e. The van der Waals surface area contributed by atoms with Gasteiger partial charge in [0.2, 0.25) is 15.0 Å². The second kappa shape index (κ2) is 9.46.